The van der Waals surface area contributed by atoms with Gasteiger partial charge in [0.05, 0.1) is 11.4 Å². The average molecular weight is 264 g/mol. The van der Waals surface area contributed by atoms with E-state index in [-0.39, 0.29) is 0 Å². The Bertz CT molecular complexity index is 411. The lowest BCUT2D eigenvalue weighted by Crippen LogP contribution is -2.28. The molecule has 2 atom stereocenters. The fraction of sp³-hybridized carbons (Fsp3) is 0.800. The molecule has 108 valence electrons. The lowest BCUT2D eigenvalue weighted by Gasteiger charge is -2.24. The topological polar surface area (TPSA) is 55.9 Å². The molecule has 0 bridgehead atoms. The van der Waals surface area contributed by atoms with Crippen LogP contribution in [0.4, 0.5) is 11.5 Å². The van der Waals surface area contributed by atoms with E-state index < -0.39 is 0 Å². The highest BCUT2D eigenvalue weighted by Crippen LogP contribution is 2.29. The van der Waals surface area contributed by atoms with Gasteiger partial charge in [-0.3, -0.25) is 0 Å². The third kappa shape index (κ3) is 3.23. The molecule has 2 rings (SSSR count). The van der Waals surface area contributed by atoms with Crippen LogP contribution in [0.15, 0.2) is 0 Å². The van der Waals surface area contributed by atoms with Crippen LogP contribution in [0.25, 0.3) is 0 Å². The number of rotatable bonds is 4. The Balaban J connectivity index is 2.16. The predicted octanol–water partition coefficient (Wildman–Crippen LogP) is 3.56. The first-order valence-electron chi connectivity index (χ1n) is 7.73. The minimum atomic E-state index is 0.538. The molecule has 0 amide bonds. The molecule has 1 aromatic heterocycles. The van der Waals surface area contributed by atoms with Crippen LogP contribution < -0.4 is 11.1 Å². The second kappa shape index (κ2) is 6.31. The van der Waals surface area contributed by atoms with Gasteiger partial charge in [-0.1, -0.05) is 33.1 Å². The van der Waals surface area contributed by atoms with Gasteiger partial charge in [-0.05, 0) is 32.1 Å². The van der Waals surface area contributed by atoms with E-state index in [4.69, 9.17) is 5.73 Å². The summed E-state index contributed by atoms with van der Waals surface area (Å²) >= 11 is 0. The van der Waals surface area contributed by atoms with E-state index in [9.17, 15) is 0 Å². The van der Waals surface area contributed by atoms with Gasteiger partial charge in [-0.25, -0.2) is 4.68 Å². The first-order valence-corrected chi connectivity index (χ1v) is 7.73. The monoisotopic (exact) mass is 264 g/mol. The third-order valence-electron chi connectivity index (χ3n) is 4.29. The molecule has 19 heavy (non-hydrogen) atoms. The standard InChI is InChI=1S/C15H28N4/c1-4-10-19-15(14(16)12(3)18-19)17-13-9-7-5-6-8-11(13)2/h11,13,17H,4-10,16H2,1-3H3. The van der Waals surface area contributed by atoms with E-state index in [2.05, 4.69) is 24.3 Å². The van der Waals surface area contributed by atoms with Crippen LogP contribution in [-0.4, -0.2) is 15.8 Å². The number of anilines is 2. The summed E-state index contributed by atoms with van der Waals surface area (Å²) in [6.07, 6.45) is 7.70. The van der Waals surface area contributed by atoms with Crippen LogP contribution >= 0.6 is 0 Å². The summed E-state index contributed by atoms with van der Waals surface area (Å²) < 4.78 is 2.04. The third-order valence-corrected chi connectivity index (χ3v) is 4.29. The Kier molecular flexibility index (Phi) is 4.72. The van der Waals surface area contributed by atoms with Gasteiger partial charge in [0.2, 0.25) is 0 Å². The van der Waals surface area contributed by atoms with Gasteiger partial charge in [0.1, 0.15) is 5.82 Å². The molecule has 0 spiro atoms. The zero-order chi connectivity index (χ0) is 13.8. The number of nitrogens with two attached hydrogens (primary N) is 1. The molecule has 4 heteroatoms. The quantitative estimate of drug-likeness (QED) is 0.817. The first kappa shape index (κ1) is 14.2. The van der Waals surface area contributed by atoms with Gasteiger partial charge in [0.15, 0.2) is 0 Å². The number of nitrogens with zero attached hydrogens (tertiary/aromatic N) is 2. The Hall–Kier alpha value is -1.19. The Morgan fingerprint density at radius 2 is 2.05 bits per heavy atom. The normalized spacial score (nSPS) is 24.2. The van der Waals surface area contributed by atoms with E-state index in [1.807, 2.05) is 11.6 Å². The van der Waals surface area contributed by atoms with Gasteiger partial charge in [-0.2, -0.15) is 5.10 Å². The maximum atomic E-state index is 6.19. The number of aryl methyl sites for hydroxylation is 2. The average Bonchev–Trinajstić information content (AvgIpc) is 2.55. The van der Waals surface area contributed by atoms with E-state index in [1.165, 1.54) is 32.1 Å². The molecule has 0 saturated heterocycles. The lowest BCUT2D eigenvalue weighted by atomic mass is 9.97. The van der Waals surface area contributed by atoms with Crippen molar-refractivity contribution in [2.24, 2.45) is 5.92 Å². The summed E-state index contributed by atoms with van der Waals surface area (Å²) in [5, 5.41) is 8.23. The molecular weight excluding hydrogens is 236 g/mol. The molecule has 0 aromatic carbocycles. The van der Waals surface area contributed by atoms with Crippen molar-refractivity contribution in [2.45, 2.75) is 71.9 Å². The van der Waals surface area contributed by atoms with Crippen LogP contribution in [0.1, 0.15) is 58.1 Å². The largest absolute Gasteiger partial charge is 0.394 e. The maximum Gasteiger partial charge on any atom is 0.148 e. The number of nitrogen functional groups attached to an aromatic ring is 1. The van der Waals surface area contributed by atoms with Gasteiger partial charge >= 0.3 is 0 Å². The van der Waals surface area contributed by atoms with Crippen LogP contribution in [0.3, 0.4) is 0 Å². The fourth-order valence-electron chi connectivity index (χ4n) is 3.00. The molecule has 1 aliphatic carbocycles. The number of nitrogens with one attached hydrogen (secondary N) is 1. The van der Waals surface area contributed by atoms with Crippen molar-refractivity contribution < 1.29 is 0 Å². The number of hydrogen-bond acceptors (Lipinski definition) is 3. The smallest absolute Gasteiger partial charge is 0.148 e. The molecule has 3 N–H and O–H groups in total. The highest BCUT2D eigenvalue weighted by atomic mass is 15.3. The summed E-state index contributed by atoms with van der Waals surface area (Å²) in [4.78, 5) is 0. The summed E-state index contributed by atoms with van der Waals surface area (Å²) in [5.74, 6) is 1.75. The van der Waals surface area contributed by atoms with Crippen LogP contribution in [0, 0.1) is 12.8 Å². The zero-order valence-corrected chi connectivity index (χ0v) is 12.6. The summed E-state index contributed by atoms with van der Waals surface area (Å²) in [6, 6.07) is 0.538. The van der Waals surface area contributed by atoms with Crippen molar-refractivity contribution in [1.82, 2.24) is 9.78 Å². The molecule has 1 aliphatic rings. The molecule has 4 nitrogen and oxygen atoms in total. The molecule has 2 unspecified atom stereocenters. The fourth-order valence-corrected chi connectivity index (χ4v) is 3.00. The lowest BCUT2D eigenvalue weighted by molar-refractivity contribution is 0.451. The van der Waals surface area contributed by atoms with Gasteiger partial charge in [-0.15, -0.1) is 0 Å². The van der Waals surface area contributed by atoms with Crippen LogP contribution in [0.2, 0.25) is 0 Å². The van der Waals surface area contributed by atoms with Gasteiger partial charge in [0, 0.05) is 12.6 Å². The second-order valence-electron chi connectivity index (χ2n) is 5.94. The predicted molar refractivity (Wildman–Crippen MR) is 81.3 cm³/mol. The summed E-state index contributed by atoms with van der Waals surface area (Å²) in [6.45, 7) is 7.45. The molecular formula is C15H28N4. The molecule has 0 aliphatic heterocycles. The Morgan fingerprint density at radius 3 is 2.79 bits per heavy atom. The molecule has 0 radical (unpaired) electrons. The van der Waals surface area contributed by atoms with Gasteiger partial charge in [0.25, 0.3) is 0 Å². The van der Waals surface area contributed by atoms with E-state index in [1.54, 1.807) is 0 Å². The zero-order valence-electron chi connectivity index (χ0n) is 12.6. The molecule has 1 aromatic rings. The minimum absolute atomic E-state index is 0.538. The van der Waals surface area contributed by atoms with E-state index in [0.717, 1.165) is 30.2 Å². The first-order chi connectivity index (χ1) is 9.13. The molecule has 1 heterocycles. The van der Waals surface area contributed by atoms with Crippen molar-refractivity contribution >= 4 is 11.5 Å². The van der Waals surface area contributed by atoms with Crippen LogP contribution in [0.5, 0.6) is 0 Å². The van der Waals surface area contributed by atoms with Crippen molar-refractivity contribution in [2.75, 3.05) is 11.1 Å². The van der Waals surface area contributed by atoms with Crippen LogP contribution in [-0.2, 0) is 6.54 Å². The highest BCUT2D eigenvalue weighted by molar-refractivity contribution is 5.65. The van der Waals surface area contributed by atoms with E-state index in [0.29, 0.717) is 12.0 Å². The van der Waals surface area contributed by atoms with Gasteiger partial charge < -0.3 is 11.1 Å². The number of hydrogen-bond donors (Lipinski definition) is 2. The van der Waals surface area contributed by atoms with Crippen molar-refractivity contribution in [3.8, 4) is 0 Å². The summed E-state index contributed by atoms with van der Waals surface area (Å²) in [5.41, 5.74) is 7.96. The molecule has 1 fully saturated rings. The Labute approximate surface area is 116 Å². The maximum absolute atomic E-state index is 6.19. The Morgan fingerprint density at radius 1 is 1.32 bits per heavy atom. The minimum Gasteiger partial charge on any atom is -0.394 e. The number of aromatic nitrogens is 2. The van der Waals surface area contributed by atoms with Crippen molar-refractivity contribution in [3.05, 3.63) is 5.69 Å². The van der Waals surface area contributed by atoms with Crippen molar-refractivity contribution in [1.29, 1.82) is 0 Å². The second-order valence-corrected chi connectivity index (χ2v) is 5.94. The highest BCUT2D eigenvalue weighted by Gasteiger charge is 2.22. The molecule has 1 saturated carbocycles. The van der Waals surface area contributed by atoms with Crippen molar-refractivity contribution in [3.63, 3.8) is 0 Å². The SMILES string of the molecule is CCCn1nc(C)c(N)c1NC1CCCCCC1C. The van der Waals surface area contributed by atoms with E-state index >= 15 is 0 Å². The summed E-state index contributed by atoms with van der Waals surface area (Å²) in [7, 11) is 0.